The number of piperidine rings is 1. The summed E-state index contributed by atoms with van der Waals surface area (Å²) in [7, 11) is 4.66. The molecule has 4 unspecified atom stereocenters. The van der Waals surface area contributed by atoms with Crippen molar-refractivity contribution in [2.24, 2.45) is 23.7 Å². The summed E-state index contributed by atoms with van der Waals surface area (Å²) in [6.07, 6.45) is 2.52. The van der Waals surface area contributed by atoms with E-state index in [9.17, 15) is 4.79 Å². The summed E-state index contributed by atoms with van der Waals surface area (Å²) in [6.45, 7) is 5.48. The second-order valence-corrected chi connectivity index (χ2v) is 7.91. The highest BCUT2D eigenvalue weighted by Gasteiger charge is 2.47. The van der Waals surface area contributed by atoms with Gasteiger partial charge in [-0.1, -0.05) is 25.1 Å². The van der Waals surface area contributed by atoms with Crippen LogP contribution in [-0.4, -0.2) is 44.2 Å². The zero-order chi connectivity index (χ0) is 15.7. The molecule has 1 aliphatic carbocycles. The molecule has 1 heterocycles. The van der Waals surface area contributed by atoms with Crippen molar-refractivity contribution in [2.45, 2.75) is 19.8 Å². The van der Waals surface area contributed by atoms with Crippen LogP contribution in [0.15, 0.2) is 30.3 Å². The molecule has 3 nitrogen and oxygen atoms in total. The molecule has 0 N–H and O–H groups in total. The number of carbonyl (C=O) groups excluding carboxylic acids is 1. The maximum Gasteiger partial charge on any atom is 0.338 e. The smallest absolute Gasteiger partial charge is 0.338 e. The lowest BCUT2D eigenvalue weighted by atomic mass is 9.77. The summed E-state index contributed by atoms with van der Waals surface area (Å²) in [4.78, 5) is 12.1. The first-order chi connectivity index (χ1) is 10.5. The molecule has 2 fully saturated rings. The molecule has 1 saturated carbocycles. The Balaban J connectivity index is 1.60. The Labute approximate surface area is 133 Å². The van der Waals surface area contributed by atoms with Crippen LogP contribution in [0.2, 0.25) is 0 Å². The summed E-state index contributed by atoms with van der Waals surface area (Å²) < 4.78 is 6.72. The highest BCUT2D eigenvalue weighted by Crippen LogP contribution is 2.45. The van der Waals surface area contributed by atoms with Crippen LogP contribution in [-0.2, 0) is 4.74 Å². The average molecular weight is 302 g/mol. The topological polar surface area (TPSA) is 26.3 Å². The summed E-state index contributed by atoms with van der Waals surface area (Å²) in [5, 5.41) is 0. The van der Waals surface area contributed by atoms with Crippen LogP contribution in [0.5, 0.6) is 0 Å². The lowest BCUT2D eigenvalue weighted by Crippen LogP contribution is -2.54. The molecular formula is C19H28NO2+. The Morgan fingerprint density at radius 3 is 2.59 bits per heavy atom. The quantitative estimate of drug-likeness (QED) is 0.633. The predicted octanol–water partition coefficient (Wildman–Crippen LogP) is 3.21. The van der Waals surface area contributed by atoms with Crippen LogP contribution >= 0.6 is 0 Å². The third-order valence-corrected chi connectivity index (χ3v) is 5.68. The Morgan fingerprint density at radius 2 is 1.86 bits per heavy atom. The molecule has 0 bridgehead atoms. The fourth-order valence-electron chi connectivity index (χ4n) is 4.78. The maximum atomic E-state index is 12.1. The zero-order valence-corrected chi connectivity index (χ0v) is 14.0. The van der Waals surface area contributed by atoms with Gasteiger partial charge in [0.05, 0.1) is 39.4 Å². The molecule has 1 saturated heterocycles. The van der Waals surface area contributed by atoms with Crippen LogP contribution in [0.25, 0.3) is 0 Å². The van der Waals surface area contributed by atoms with Crippen LogP contribution in [0.4, 0.5) is 0 Å². The number of hydrogen-bond acceptors (Lipinski definition) is 2. The van der Waals surface area contributed by atoms with Crippen LogP contribution < -0.4 is 0 Å². The van der Waals surface area contributed by atoms with E-state index in [1.54, 1.807) is 0 Å². The third-order valence-electron chi connectivity index (χ3n) is 5.68. The number of nitrogens with zero attached hydrogens (tertiary/aromatic N) is 1. The predicted molar refractivity (Wildman–Crippen MR) is 87.4 cm³/mol. The first-order valence-electron chi connectivity index (χ1n) is 8.50. The summed E-state index contributed by atoms with van der Waals surface area (Å²) >= 11 is 0. The van der Waals surface area contributed by atoms with Gasteiger partial charge in [-0.3, -0.25) is 0 Å². The summed E-state index contributed by atoms with van der Waals surface area (Å²) in [5.41, 5.74) is 0.658. The number of esters is 1. The normalized spacial score (nSPS) is 33.2. The van der Waals surface area contributed by atoms with E-state index < -0.39 is 0 Å². The minimum absolute atomic E-state index is 0.179. The first kappa shape index (κ1) is 15.5. The van der Waals surface area contributed by atoms with Crippen molar-refractivity contribution in [2.75, 3.05) is 33.8 Å². The molecular weight excluding hydrogens is 274 g/mol. The molecule has 1 aliphatic heterocycles. The number of fused-ring (bicyclic) bond motifs is 1. The fraction of sp³-hybridized carbons (Fsp3) is 0.632. The van der Waals surface area contributed by atoms with E-state index in [0.717, 1.165) is 16.3 Å². The van der Waals surface area contributed by atoms with Crippen molar-refractivity contribution < 1.29 is 14.0 Å². The molecule has 0 radical (unpaired) electrons. The number of hydrogen-bond donors (Lipinski definition) is 0. The van der Waals surface area contributed by atoms with Gasteiger partial charge in [-0.15, -0.1) is 0 Å². The lowest BCUT2D eigenvalue weighted by Gasteiger charge is -2.44. The number of ether oxygens (including phenoxy) is 1. The van der Waals surface area contributed by atoms with Crippen molar-refractivity contribution in [1.82, 2.24) is 0 Å². The van der Waals surface area contributed by atoms with E-state index in [4.69, 9.17) is 4.74 Å². The average Bonchev–Trinajstić information content (AvgIpc) is 2.87. The van der Waals surface area contributed by atoms with Crippen LogP contribution in [0.3, 0.4) is 0 Å². The second-order valence-electron chi connectivity index (χ2n) is 7.91. The van der Waals surface area contributed by atoms with Gasteiger partial charge in [0, 0.05) is 17.8 Å². The molecule has 1 aromatic rings. The lowest BCUT2D eigenvalue weighted by molar-refractivity contribution is -0.904. The van der Waals surface area contributed by atoms with Gasteiger partial charge >= 0.3 is 5.97 Å². The number of rotatable bonds is 3. The van der Waals surface area contributed by atoms with Gasteiger partial charge in [0.1, 0.15) is 0 Å². The highest BCUT2D eigenvalue weighted by atomic mass is 16.5. The number of benzene rings is 1. The van der Waals surface area contributed by atoms with E-state index in [2.05, 4.69) is 21.0 Å². The maximum absolute atomic E-state index is 12.1. The Morgan fingerprint density at radius 1 is 1.14 bits per heavy atom. The molecule has 3 heteroatoms. The molecule has 120 valence electrons. The van der Waals surface area contributed by atoms with E-state index in [-0.39, 0.29) is 5.97 Å². The fourth-order valence-corrected chi connectivity index (χ4v) is 4.78. The largest absolute Gasteiger partial charge is 0.462 e. The van der Waals surface area contributed by atoms with E-state index in [0.29, 0.717) is 24.0 Å². The highest BCUT2D eigenvalue weighted by molar-refractivity contribution is 5.89. The summed E-state index contributed by atoms with van der Waals surface area (Å²) in [5.74, 6) is 2.68. The van der Waals surface area contributed by atoms with E-state index in [1.165, 1.54) is 25.9 Å². The van der Waals surface area contributed by atoms with Crippen LogP contribution in [0, 0.1) is 23.7 Å². The zero-order valence-electron chi connectivity index (χ0n) is 14.0. The van der Waals surface area contributed by atoms with Crippen molar-refractivity contribution in [1.29, 1.82) is 0 Å². The van der Waals surface area contributed by atoms with Crippen molar-refractivity contribution in [3.63, 3.8) is 0 Å². The monoisotopic (exact) mass is 302 g/mol. The number of likely N-dealkylation sites (tertiary alicyclic amines) is 1. The minimum atomic E-state index is -0.179. The van der Waals surface area contributed by atoms with Gasteiger partial charge in [0.25, 0.3) is 0 Å². The molecule has 2 aliphatic rings. The Bertz CT molecular complexity index is 525. The number of carbonyl (C=O) groups is 1. The minimum Gasteiger partial charge on any atom is -0.462 e. The molecule has 1 aromatic carbocycles. The van der Waals surface area contributed by atoms with Crippen molar-refractivity contribution in [3.05, 3.63) is 35.9 Å². The first-order valence-corrected chi connectivity index (χ1v) is 8.50. The SMILES string of the molecule is CC1C[N+](C)(C)CC2C(COC(=O)c3ccccc3)CCC12. The van der Waals surface area contributed by atoms with Crippen LogP contribution in [0.1, 0.15) is 30.1 Å². The molecule has 4 atom stereocenters. The van der Waals surface area contributed by atoms with E-state index in [1.807, 2.05) is 30.3 Å². The Kier molecular flexibility index (Phi) is 4.26. The summed E-state index contributed by atoms with van der Waals surface area (Å²) in [6, 6.07) is 9.32. The van der Waals surface area contributed by atoms with Gasteiger partial charge < -0.3 is 9.22 Å². The standard InChI is InChI=1S/C19H28NO2/c1-14-11-20(2,3)12-18-16(9-10-17(14)18)13-22-19(21)15-7-5-4-6-8-15/h4-8,14,16-18H,9-13H2,1-3H3/q+1. The molecule has 0 spiro atoms. The molecule has 0 amide bonds. The van der Waals surface area contributed by atoms with Crippen molar-refractivity contribution >= 4 is 5.97 Å². The molecule has 22 heavy (non-hydrogen) atoms. The molecule has 3 rings (SSSR count). The van der Waals surface area contributed by atoms with Gasteiger partial charge in [-0.05, 0) is 30.9 Å². The van der Waals surface area contributed by atoms with Gasteiger partial charge in [0.2, 0.25) is 0 Å². The van der Waals surface area contributed by atoms with Crippen molar-refractivity contribution in [3.8, 4) is 0 Å². The second kappa shape index (κ2) is 6.04. The Hall–Kier alpha value is -1.35. The van der Waals surface area contributed by atoms with Gasteiger partial charge in [-0.25, -0.2) is 4.79 Å². The molecule has 0 aromatic heterocycles. The number of quaternary nitrogens is 1. The van der Waals surface area contributed by atoms with Gasteiger partial charge in [0.15, 0.2) is 0 Å². The van der Waals surface area contributed by atoms with Gasteiger partial charge in [-0.2, -0.15) is 0 Å². The van der Waals surface area contributed by atoms with E-state index >= 15 is 0 Å². The third kappa shape index (κ3) is 3.19.